The smallest absolute Gasteiger partial charge is 0.224 e. The summed E-state index contributed by atoms with van der Waals surface area (Å²) in [7, 11) is 0. The molecule has 0 saturated carbocycles. The second-order valence-electron chi connectivity index (χ2n) is 4.90. The second kappa shape index (κ2) is 7.89. The summed E-state index contributed by atoms with van der Waals surface area (Å²) in [6.45, 7) is 4.45. The molecule has 3 N–H and O–H groups in total. The Morgan fingerprint density at radius 3 is 2.74 bits per heavy atom. The molecule has 0 aliphatic rings. The Morgan fingerprint density at radius 1 is 1.42 bits per heavy atom. The molecule has 1 aromatic carbocycles. The third kappa shape index (κ3) is 5.39. The highest BCUT2D eigenvalue weighted by Gasteiger charge is 2.09. The van der Waals surface area contributed by atoms with Crippen molar-refractivity contribution in [3.8, 4) is 0 Å². The van der Waals surface area contributed by atoms with Crippen molar-refractivity contribution in [1.82, 2.24) is 0 Å². The van der Waals surface area contributed by atoms with E-state index in [4.69, 9.17) is 5.73 Å². The van der Waals surface area contributed by atoms with Crippen molar-refractivity contribution < 1.29 is 9.18 Å². The van der Waals surface area contributed by atoms with E-state index < -0.39 is 0 Å². The summed E-state index contributed by atoms with van der Waals surface area (Å²) in [6.07, 6.45) is 3.26. The Morgan fingerprint density at radius 2 is 2.16 bits per heavy atom. The fourth-order valence-electron chi connectivity index (χ4n) is 2.02. The molecule has 0 aliphatic carbocycles. The van der Waals surface area contributed by atoms with Gasteiger partial charge >= 0.3 is 0 Å². The maximum Gasteiger partial charge on any atom is 0.224 e. The Kier molecular flexibility index (Phi) is 6.50. The lowest BCUT2D eigenvalue weighted by Gasteiger charge is -2.13. The van der Waals surface area contributed by atoms with Crippen LogP contribution < -0.4 is 11.1 Å². The zero-order chi connectivity index (χ0) is 14.3. The highest BCUT2D eigenvalue weighted by Crippen LogP contribution is 2.17. The van der Waals surface area contributed by atoms with Crippen LogP contribution in [0.4, 0.5) is 10.1 Å². The standard InChI is InChI=1S/C15H23FN2O/c1-3-12(8-9-17)5-7-15(19)18-13-6-4-11(2)14(16)10-13/h4,6,10,12H,3,5,7-9,17H2,1-2H3,(H,18,19). The van der Waals surface area contributed by atoms with Crippen LogP contribution in [0, 0.1) is 18.7 Å². The molecule has 0 heterocycles. The fraction of sp³-hybridized carbons (Fsp3) is 0.533. The number of halogens is 1. The summed E-state index contributed by atoms with van der Waals surface area (Å²) in [6, 6.07) is 4.73. The third-order valence-corrected chi connectivity index (χ3v) is 3.39. The first-order valence-corrected chi connectivity index (χ1v) is 6.82. The number of benzene rings is 1. The zero-order valence-electron chi connectivity index (χ0n) is 11.7. The van der Waals surface area contributed by atoms with Crippen LogP contribution in [0.2, 0.25) is 0 Å². The number of hydrogen-bond donors (Lipinski definition) is 2. The lowest BCUT2D eigenvalue weighted by Crippen LogP contribution is -2.15. The summed E-state index contributed by atoms with van der Waals surface area (Å²) in [5, 5.41) is 2.72. The highest BCUT2D eigenvalue weighted by molar-refractivity contribution is 5.90. The van der Waals surface area contributed by atoms with E-state index in [1.165, 1.54) is 6.07 Å². The minimum Gasteiger partial charge on any atom is -0.330 e. The SMILES string of the molecule is CCC(CCN)CCC(=O)Nc1ccc(C)c(F)c1. The summed E-state index contributed by atoms with van der Waals surface area (Å²) in [4.78, 5) is 11.8. The van der Waals surface area contributed by atoms with Crippen molar-refractivity contribution >= 4 is 11.6 Å². The zero-order valence-corrected chi connectivity index (χ0v) is 11.7. The molecule has 4 heteroatoms. The van der Waals surface area contributed by atoms with Gasteiger partial charge in [0.2, 0.25) is 5.91 Å². The number of anilines is 1. The quantitative estimate of drug-likeness (QED) is 0.796. The first-order valence-electron chi connectivity index (χ1n) is 6.82. The molecule has 0 aliphatic heterocycles. The molecule has 19 heavy (non-hydrogen) atoms. The number of aryl methyl sites for hydroxylation is 1. The predicted octanol–water partition coefficient (Wildman–Crippen LogP) is 3.23. The monoisotopic (exact) mass is 266 g/mol. The maximum absolute atomic E-state index is 13.3. The average molecular weight is 266 g/mol. The van der Waals surface area contributed by atoms with Gasteiger partial charge in [-0.3, -0.25) is 4.79 Å². The largest absolute Gasteiger partial charge is 0.330 e. The molecular weight excluding hydrogens is 243 g/mol. The minimum absolute atomic E-state index is 0.0706. The van der Waals surface area contributed by atoms with Gasteiger partial charge in [-0.15, -0.1) is 0 Å². The van der Waals surface area contributed by atoms with Crippen LogP contribution in [0.25, 0.3) is 0 Å². The van der Waals surface area contributed by atoms with Crippen LogP contribution in [0.5, 0.6) is 0 Å². The van der Waals surface area contributed by atoms with Gasteiger partial charge in [0, 0.05) is 12.1 Å². The van der Waals surface area contributed by atoms with Gasteiger partial charge in [0.1, 0.15) is 5.82 Å². The lowest BCUT2D eigenvalue weighted by atomic mass is 9.96. The Hall–Kier alpha value is -1.42. The van der Waals surface area contributed by atoms with E-state index in [0.717, 1.165) is 19.3 Å². The highest BCUT2D eigenvalue weighted by atomic mass is 19.1. The minimum atomic E-state index is -0.299. The number of carbonyl (C=O) groups excluding carboxylic acids is 1. The molecule has 1 rings (SSSR count). The van der Waals surface area contributed by atoms with Gasteiger partial charge in [0.15, 0.2) is 0 Å². The van der Waals surface area contributed by atoms with Gasteiger partial charge in [-0.05, 0) is 49.9 Å². The number of rotatable bonds is 7. The van der Waals surface area contributed by atoms with Crippen molar-refractivity contribution in [2.45, 2.75) is 39.5 Å². The fourth-order valence-corrected chi connectivity index (χ4v) is 2.02. The molecule has 0 saturated heterocycles. The predicted molar refractivity (Wildman–Crippen MR) is 76.5 cm³/mol. The number of nitrogens with two attached hydrogens (primary N) is 1. The van der Waals surface area contributed by atoms with E-state index in [2.05, 4.69) is 12.2 Å². The van der Waals surface area contributed by atoms with Crippen LogP contribution in [0.3, 0.4) is 0 Å². The topological polar surface area (TPSA) is 55.1 Å². The molecule has 0 radical (unpaired) electrons. The molecule has 1 unspecified atom stereocenters. The van der Waals surface area contributed by atoms with Crippen molar-refractivity contribution in [3.63, 3.8) is 0 Å². The molecule has 106 valence electrons. The van der Waals surface area contributed by atoms with Crippen molar-refractivity contribution in [2.24, 2.45) is 11.7 Å². The molecule has 0 spiro atoms. The normalized spacial score (nSPS) is 12.2. The van der Waals surface area contributed by atoms with Crippen LogP contribution in [0.1, 0.15) is 38.2 Å². The summed E-state index contributed by atoms with van der Waals surface area (Å²) >= 11 is 0. The van der Waals surface area contributed by atoms with Crippen LogP contribution in [-0.2, 0) is 4.79 Å². The van der Waals surface area contributed by atoms with E-state index in [9.17, 15) is 9.18 Å². The number of carbonyl (C=O) groups is 1. The molecule has 0 bridgehead atoms. The van der Waals surface area contributed by atoms with E-state index in [-0.39, 0.29) is 11.7 Å². The first kappa shape index (κ1) is 15.6. The maximum atomic E-state index is 13.3. The molecule has 1 amide bonds. The number of nitrogens with one attached hydrogen (secondary N) is 1. The van der Waals surface area contributed by atoms with Crippen molar-refractivity contribution in [2.75, 3.05) is 11.9 Å². The van der Waals surface area contributed by atoms with Gasteiger partial charge < -0.3 is 11.1 Å². The molecule has 3 nitrogen and oxygen atoms in total. The molecule has 1 atom stereocenters. The van der Waals surface area contributed by atoms with Crippen molar-refractivity contribution in [1.29, 1.82) is 0 Å². The summed E-state index contributed by atoms with van der Waals surface area (Å²) < 4.78 is 13.3. The van der Waals surface area contributed by atoms with Gasteiger partial charge in [-0.25, -0.2) is 4.39 Å². The Bertz CT molecular complexity index is 421. The second-order valence-corrected chi connectivity index (χ2v) is 4.90. The average Bonchev–Trinajstić information content (AvgIpc) is 2.39. The summed E-state index contributed by atoms with van der Waals surface area (Å²) in [5.74, 6) is 0.122. The Balaban J connectivity index is 2.44. The first-order chi connectivity index (χ1) is 9.06. The number of hydrogen-bond acceptors (Lipinski definition) is 2. The van der Waals surface area contributed by atoms with Gasteiger partial charge in [0.25, 0.3) is 0 Å². The van der Waals surface area contributed by atoms with Crippen LogP contribution in [-0.4, -0.2) is 12.5 Å². The number of amides is 1. The van der Waals surface area contributed by atoms with Gasteiger partial charge in [0.05, 0.1) is 0 Å². The van der Waals surface area contributed by atoms with E-state index >= 15 is 0 Å². The van der Waals surface area contributed by atoms with E-state index in [1.807, 2.05) is 0 Å². The van der Waals surface area contributed by atoms with E-state index in [1.54, 1.807) is 19.1 Å². The summed E-state index contributed by atoms with van der Waals surface area (Å²) in [5.41, 5.74) is 6.61. The molecular formula is C15H23FN2O. The molecule has 1 aromatic rings. The van der Waals surface area contributed by atoms with Crippen LogP contribution >= 0.6 is 0 Å². The Labute approximate surface area is 114 Å². The molecule has 0 aromatic heterocycles. The van der Waals surface area contributed by atoms with E-state index in [0.29, 0.717) is 30.1 Å². The van der Waals surface area contributed by atoms with Crippen LogP contribution in [0.15, 0.2) is 18.2 Å². The third-order valence-electron chi connectivity index (χ3n) is 3.39. The lowest BCUT2D eigenvalue weighted by molar-refractivity contribution is -0.116. The van der Waals surface area contributed by atoms with Gasteiger partial charge in [-0.1, -0.05) is 19.4 Å². The van der Waals surface area contributed by atoms with Gasteiger partial charge in [-0.2, -0.15) is 0 Å². The van der Waals surface area contributed by atoms with Crippen molar-refractivity contribution in [3.05, 3.63) is 29.6 Å². The molecule has 0 fully saturated rings.